The van der Waals surface area contributed by atoms with E-state index >= 15 is 0 Å². The van der Waals surface area contributed by atoms with Crippen LogP contribution in [-0.2, 0) is 14.3 Å². The van der Waals surface area contributed by atoms with Crippen molar-refractivity contribution in [2.75, 3.05) is 14.2 Å². The average Bonchev–Trinajstić information content (AvgIpc) is 2.78. The molecule has 0 bridgehead atoms. The van der Waals surface area contributed by atoms with E-state index in [1.54, 1.807) is 19.1 Å². The maximum absolute atomic E-state index is 13.5. The number of aromatic hydroxyl groups is 1. The Hall–Kier alpha value is -3.25. The molecule has 2 N–H and O–H groups in total. The monoisotopic (exact) mass is 453 g/mol. The summed E-state index contributed by atoms with van der Waals surface area (Å²) in [5.74, 6) is -1.03. The van der Waals surface area contributed by atoms with Crippen LogP contribution in [-0.4, -0.2) is 31.1 Å². The van der Waals surface area contributed by atoms with Crippen LogP contribution < -0.4 is 10.1 Å². The molecule has 6 nitrogen and oxygen atoms in total. The average molecular weight is 454 g/mol. The molecule has 1 heterocycles. The van der Waals surface area contributed by atoms with Gasteiger partial charge in [-0.1, -0.05) is 35.9 Å². The Balaban J connectivity index is 1.84. The predicted octanol–water partition coefficient (Wildman–Crippen LogP) is 4.59. The van der Waals surface area contributed by atoms with Crippen molar-refractivity contribution in [2.24, 2.45) is 0 Å². The summed E-state index contributed by atoms with van der Waals surface area (Å²) >= 11 is 6.41. The number of ether oxygens (including phenoxy) is 2. The number of dihydropyridines is 1. The van der Waals surface area contributed by atoms with Gasteiger partial charge in [-0.25, -0.2) is 4.79 Å². The number of ketones is 1. The number of nitrogens with one attached hydrogen (secondary N) is 1. The lowest BCUT2D eigenvalue weighted by atomic mass is 9.71. The molecule has 0 amide bonds. The van der Waals surface area contributed by atoms with Gasteiger partial charge >= 0.3 is 5.97 Å². The molecule has 2 aromatic rings. The van der Waals surface area contributed by atoms with Crippen molar-refractivity contribution >= 4 is 23.4 Å². The van der Waals surface area contributed by atoms with E-state index in [4.69, 9.17) is 21.1 Å². The van der Waals surface area contributed by atoms with Gasteiger partial charge < -0.3 is 19.9 Å². The van der Waals surface area contributed by atoms with E-state index in [0.717, 1.165) is 11.3 Å². The molecule has 2 aromatic carbocycles. The van der Waals surface area contributed by atoms with Crippen LogP contribution in [0.2, 0.25) is 5.02 Å². The maximum atomic E-state index is 13.5. The van der Waals surface area contributed by atoms with Crippen molar-refractivity contribution in [2.45, 2.75) is 31.6 Å². The fourth-order valence-corrected chi connectivity index (χ4v) is 4.94. The molecule has 32 heavy (non-hydrogen) atoms. The van der Waals surface area contributed by atoms with Crippen LogP contribution in [0.25, 0.3) is 0 Å². The number of allylic oxidation sites excluding steroid dienone is 3. The lowest BCUT2D eigenvalue weighted by molar-refractivity contribution is -0.136. The highest BCUT2D eigenvalue weighted by Gasteiger charge is 2.41. The van der Waals surface area contributed by atoms with E-state index in [0.29, 0.717) is 33.9 Å². The number of phenols is 1. The van der Waals surface area contributed by atoms with E-state index in [2.05, 4.69) is 5.32 Å². The second-order valence-corrected chi connectivity index (χ2v) is 8.37. The number of carbonyl (C=O) groups excluding carboxylic acids is 2. The molecule has 0 radical (unpaired) electrons. The first-order chi connectivity index (χ1) is 15.3. The summed E-state index contributed by atoms with van der Waals surface area (Å²) in [5, 5.41) is 14.0. The van der Waals surface area contributed by atoms with Crippen molar-refractivity contribution in [1.29, 1.82) is 0 Å². The summed E-state index contributed by atoms with van der Waals surface area (Å²) in [7, 11) is 2.77. The number of benzene rings is 2. The van der Waals surface area contributed by atoms with Crippen LogP contribution in [0.5, 0.6) is 11.5 Å². The largest absolute Gasteiger partial charge is 0.504 e. The molecule has 0 saturated heterocycles. The summed E-state index contributed by atoms with van der Waals surface area (Å²) in [6.07, 6.45) is 0.867. The SMILES string of the molecule is COC(=O)C1=C(C)NC2=C(C(=O)C[C@@H](c3ccccc3Cl)C2)[C@@H]1c1ccc(O)c(OC)c1. The van der Waals surface area contributed by atoms with Crippen LogP contribution in [0.3, 0.4) is 0 Å². The molecule has 0 fully saturated rings. The summed E-state index contributed by atoms with van der Waals surface area (Å²) in [5.41, 5.74) is 3.89. The molecule has 1 aliphatic carbocycles. The van der Waals surface area contributed by atoms with E-state index in [1.165, 1.54) is 20.3 Å². The Kier molecular flexibility index (Phi) is 5.98. The number of halogens is 1. The Bertz CT molecular complexity index is 1170. The second-order valence-electron chi connectivity index (χ2n) is 7.96. The van der Waals surface area contributed by atoms with Crippen LogP contribution in [0.15, 0.2) is 65.0 Å². The predicted molar refractivity (Wildman–Crippen MR) is 121 cm³/mol. The van der Waals surface area contributed by atoms with Crippen LogP contribution in [0, 0.1) is 0 Å². The van der Waals surface area contributed by atoms with E-state index in [-0.39, 0.29) is 29.6 Å². The van der Waals surface area contributed by atoms with Crippen molar-refractivity contribution < 1.29 is 24.2 Å². The number of hydrogen-bond acceptors (Lipinski definition) is 6. The quantitative estimate of drug-likeness (QED) is 0.659. The number of methoxy groups -OCH3 is 2. The second kappa shape index (κ2) is 8.71. The van der Waals surface area contributed by atoms with Gasteiger partial charge in [-0.3, -0.25) is 4.79 Å². The molecule has 0 unspecified atom stereocenters. The van der Waals surface area contributed by atoms with E-state index < -0.39 is 11.9 Å². The highest BCUT2D eigenvalue weighted by atomic mass is 35.5. The molecular formula is C25H24ClNO5. The summed E-state index contributed by atoms with van der Waals surface area (Å²) in [4.78, 5) is 26.2. The first kappa shape index (κ1) is 22.0. The lowest BCUT2D eigenvalue weighted by Crippen LogP contribution is -2.36. The summed E-state index contributed by atoms with van der Waals surface area (Å²) < 4.78 is 10.3. The number of hydrogen-bond donors (Lipinski definition) is 2. The fourth-order valence-electron chi connectivity index (χ4n) is 4.65. The number of phenolic OH excluding ortho intramolecular Hbond substituents is 1. The zero-order valence-electron chi connectivity index (χ0n) is 18.1. The number of Topliss-reactive ketones (excluding diaryl/α,β-unsaturated/α-hetero) is 1. The zero-order chi connectivity index (χ0) is 23.0. The molecule has 0 aromatic heterocycles. The molecule has 4 rings (SSSR count). The summed E-state index contributed by atoms with van der Waals surface area (Å²) in [6, 6.07) is 12.4. The summed E-state index contributed by atoms with van der Waals surface area (Å²) in [6.45, 7) is 1.80. The van der Waals surface area contributed by atoms with Crippen molar-refractivity contribution in [3.8, 4) is 11.5 Å². The highest BCUT2D eigenvalue weighted by Crippen LogP contribution is 2.47. The fraction of sp³-hybridized carbons (Fsp3) is 0.280. The minimum Gasteiger partial charge on any atom is -0.504 e. The third kappa shape index (κ3) is 3.75. The minimum absolute atomic E-state index is 0.0199. The first-order valence-electron chi connectivity index (χ1n) is 10.3. The Morgan fingerprint density at radius 3 is 2.59 bits per heavy atom. The molecule has 7 heteroatoms. The minimum atomic E-state index is -0.632. The molecule has 0 saturated carbocycles. The topological polar surface area (TPSA) is 84.9 Å². The lowest BCUT2D eigenvalue weighted by Gasteiger charge is -2.36. The van der Waals surface area contributed by atoms with Gasteiger partial charge in [0.05, 0.1) is 19.8 Å². The number of rotatable bonds is 4. The van der Waals surface area contributed by atoms with Crippen molar-refractivity contribution in [3.05, 3.63) is 81.2 Å². The van der Waals surface area contributed by atoms with Gasteiger partial charge in [0.15, 0.2) is 17.3 Å². The van der Waals surface area contributed by atoms with Gasteiger partial charge in [-0.15, -0.1) is 0 Å². The zero-order valence-corrected chi connectivity index (χ0v) is 18.8. The smallest absolute Gasteiger partial charge is 0.336 e. The van der Waals surface area contributed by atoms with E-state index in [9.17, 15) is 14.7 Å². The van der Waals surface area contributed by atoms with Gasteiger partial charge in [0.2, 0.25) is 0 Å². The highest BCUT2D eigenvalue weighted by molar-refractivity contribution is 6.31. The normalized spacial score (nSPS) is 20.6. The van der Waals surface area contributed by atoms with Crippen LogP contribution in [0.4, 0.5) is 0 Å². The van der Waals surface area contributed by atoms with E-state index in [1.807, 2.05) is 24.3 Å². The van der Waals surface area contributed by atoms with Crippen LogP contribution in [0.1, 0.15) is 42.7 Å². The van der Waals surface area contributed by atoms with Crippen molar-refractivity contribution in [1.82, 2.24) is 5.32 Å². The Morgan fingerprint density at radius 1 is 1.16 bits per heavy atom. The van der Waals surface area contributed by atoms with Gasteiger partial charge in [-0.2, -0.15) is 0 Å². The first-order valence-corrected chi connectivity index (χ1v) is 10.7. The molecule has 2 atom stereocenters. The molecule has 0 spiro atoms. The third-order valence-corrected chi connectivity index (χ3v) is 6.46. The van der Waals surface area contributed by atoms with Gasteiger partial charge in [0.25, 0.3) is 0 Å². The molecule has 2 aliphatic rings. The molecule has 1 aliphatic heterocycles. The molecule has 166 valence electrons. The Morgan fingerprint density at radius 2 is 1.91 bits per heavy atom. The number of carbonyl (C=O) groups is 2. The maximum Gasteiger partial charge on any atom is 0.336 e. The van der Waals surface area contributed by atoms with Crippen molar-refractivity contribution in [3.63, 3.8) is 0 Å². The van der Waals surface area contributed by atoms with Gasteiger partial charge in [-0.05, 0) is 48.6 Å². The number of esters is 1. The third-order valence-electron chi connectivity index (χ3n) is 6.12. The van der Waals surface area contributed by atoms with Gasteiger partial charge in [0.1, 0.15) is 0 Å². The van der Waals surface area contributed by atoms with Crippen LogP contribution >= 0.6 is 11.6 Å². The molecular weight excluding hydrogens is 430 g/mol. The van der Waals surface area contributed by atoms with Gasteiger partial charge in [0, 0.05) is 34.3 Å². The Labute approximate surface area is 191 Å². The standard InChI is InChI=1S/C25H24ClNO5/c1-13-22(25(30)32-3)23(14-8-9-19(28)21(12-14)31-2)24-18(27-13)10-15(11-20(24)29)16-6-4-5-7-17(16)26/h4-9,12,15,23,27-28H,10-11H2,1-3H3/t15-,23+/m0/s1.